The molecule has 9 heteroatoms. The Balaban J connectivity index is 2.20. The molecule has 0 bridgehead atoms. The van der Waals surface area contributed by atoms with E-state index in [0.29, 0.717) is 36.6 Å². The van der Waals surface area contributed by atoms with Gasteiger partial charge in [0, 0.05) is 31.1 Å². The first-order chi connectivity index (χ1) is 16.1. The Hall–Kier alpha value is -2.58. The SMILES string of the molecule is CCNC(=O)[C@@H](CC)N(Cc1ccccc1C)C(=O)CCCN(c1ccc(Cl)cc1)S(C)(=O)=O. The molecule has 0 unspecified atom stereocenters. The first-order valence-corrected chi connectivity index (χ1v) is 13.7. The number of rotatable bonds is 12. The minimum atomic E-state index is -3.54. The Kier molecular flexibility index (Phi) is 10.4. The maximum atomic E-state index is 13.3. The minimum absolute atomic E-state index is 0.112. The van der Waals surface area contributed by atoms with Crippen molar-refractivity contribution in [3.8, 4) is 0 Å². The van der Waals surface area contributed by atoms with Gasteiger partial charge in [-0.25, -0.2) is 8.42 Å². The molecule has 0 aliphatic carbocycles. The van der Waals surface area contributed by atoms with Crippen LogP contribution in [0.5, 0.6) is 0 Å². The number of benzene rings is 2. The standard InChI is InChI=1S/C25H34ClN3O4S/c1-5-23(25(31)27-6-2)28(18-20-11-8-7-10-19(20)3)24(30)12-9-17-29(34(4,32)33)22-15-13-21(26)14-16-22/h7-8,10-11,13-16,23H,5-6,9,12,17-18H2,1-4H3,(H,27,31)/t23-/m1/s1. The Morgan fingerprint density at radius 3 is 2.26 bits per heavy atom. The van der Waals surface area contributed by atoms with E-state index in [-0.39, 0.29) is 24.8 Å². The maximum absolute atomic E-state index is 13.3. The van der Waals surface area contributed by atoms with Crippen LogP contribution in [0, 0.1) is 6.92 Å². The molecule has 186 valence electrons. The second-order valence-electron chi connectivity index (χ2n) is 8.18. The van der Waals surface area contributed by atoms with Crippen LogP contribution in [0.3, 0.4) is 0 Å². The van der Waals surface area contributed by atoms with E-state index in [1.165, 1.54) is 4.31 Å². The lowest BCUT2D eigenvalue weighted by Crippen LogP contribution is -2.49. The number of carbonyl (C=O) groups excluding carboxylic acids is 2. The van der Waals surface area contributed by atoms with Crippen LogP contribution < -0.4 is 9.62 Å². The summed E-state index contributed by atoms with van der Waals surface area (Å²) in [6.45, 7) is 6.63. The highest BCUT2D eigenvalue weighted by Crippen LogP contribution is 2.22. The first-order valence-electron chi connectivity index (χ1n) is 11.4. The highest BCUT2D eigenvalue weighted by Gasteiger charge is 2.28. The fraction of sp³-hybridized carbons (Fsp3) is 0.440. The van der Waals surface area contributed by atoms with Gasteiger partial charge in [-0.1, -0.05) is 42.8 Å². The zero-order valence-electron chi connectivity index (χ0n) is 20.3. The molecule has 2 aromatic rings. The molecule has 34 heavy (non-hydrogen) atoms. The van der Waals surface area contributed by atoms with E-state index in [0.717, 1.165) is 17.4 Å². The molecule has 0 aliphatic rings. The zero-order chi connectivity index (χ0) is 25.3. The monoisotopic (exact) mass is 507 g/mol. The van der Waals surface area contributed by atoms with Gasteiger partial charge in [0.1, 0.15) is 6.04 Å². The number of hydrogen-bond donors (Lipinski definition) is 1. The highest BCUT2D eigenvalue weighted by molar-refractivity contribution is 7.92. The number of aryl methyl sites for hydroxylation is 1. The molecule has 0 aromatic heterocycles. The summed E-state index contributed by atoms with van der Waals surface area (Å²) in [6, 6.07) is 13.7. The molecule has 0 fully saturated rings. The molecule has 1 atom stereocenters. The molecule has 2 rings (SSSR count). The van der Waals surface area contributed by atoms with Crippen LogP contribution in [-0.2, 0) is 26.2 Å². The summed E-state index contributed by atoms with van der Waals surface area (Å²) in [5.41, 5.74) is 2.50. The molecule has 0 heterocycles. The lowest BCUT2D eigenvalue weighted by Gasteiger charge is -2.31. The van der Waals surface area contributed by atoms with Crippen LogP contribution in [0.1, 0.15) is 44.2 Å². The third-order valence-electron chi connectivity index (χ3n) is 5.61. The molecule has 2 aromatic carbocycles. The van der Waals surface area contributed by atoms with Gasteiger partial charge < -0.3 is 10.2 Å². The van der Waals surface area contributed by atoms with Gasteiger partial charge in [-0.05, 0) is 62.1 Å². The average molecular weight is 508 g/mol. The van der Waals surface area contributed by atoms with Gasteiger partial charge >= 0.3 is 0 Å². The molecular weight excluding hydrogens is 474 g/mol. The number of halogens is 1. The third-order valence-corrected chi connectivity index (χ3v) is 7.05. The number of nitrogens with zero attached hydrogens (tertiary/aromatic N) is 2. The number of anilines is 1. The van der Waals surface area contributed by atoms with Crippen molar-refractivity contribution in [2.45, 2.75) is 52.6 Å². The van der Waals surface area contributed by atoms with Gasteiger partial charge in [-0.15, -0.1) is 0 Å². The lowest BCUT2D eigenvalue weighted by atomic mass is 10.1. The van der Waals surface area contributed by atoms with Crippen LogP contribution in [0.4, 0.5) is 5.69 Å². The fourth-order valence-electron chi connectivity index (χ4n) is 3.79. The van der Waals surface area contributed by atoms with Gasteiger partial charge in [-0.2, -0.15) is 0 Å². The van der Waals surface area contributed by atoms with Crippen molar-refractivity contribution in [3.05, 3.63) is 64.7 Å². The summed E-state index contributed by atoms with van der Waals surface area (Å²) in [6.07, 6.45) is 2.03. The third kappa shape index (κ3) is 7.74. The van der Waals surface area contributed by atoms with Crippen molar-refractivity contribution in [1.29, 1.82) is 0 Å². The van der Waals surface area contributed by atoms with Gasteiger partial charge in [0.2, 0.25) is 21.8 Å². The molecule has 0 saturated heterocycles. The number of hydrogen-bond acceptors (Lipinski definition) is 4. The first kappa shape index (κ1) is 27.7. The number of carbonyl (C=O) groups is 2. The summed E-state index contributed by atoms with van der Waals surface area (Å²) in [4.78, 5) is 27.7. The largest absolute Gasteiger partial charge is 0.355 e. The van der Waals surface area contributed by atoms with Crippen LogP contribution in [-0.4, -0.2) is 50.5 Å². The second-order valence-corrected chi connectivity index (χ2v) is 10.5. The molecule has 0 saturated carbocycles. The van der Waals surface area contributed by atoms with E-state index in [1.54, 1.807) is 29.2 Å². The molecule has 0 radical (unpaired) electrons. The van der Waals surface area contributed by atoms with E-state index in [2.05, 4.69) is 5.32 Å². The van der Waals surface area contributed by atoms with Crippen molar-refractivity contribution >= 4 is 39.1 Å². The molecule has 0 spiro atoms. The van der Waals surface area contributed by atoms with Gasteiger partial charge in [0.25, 0.3) is 0 Å². The van der Waals surface area contributed by atoms with E-state index in [1.807, 2.05) is 45.0 Å². The quantitative estimate of drug-likeness (QED) is 0.467. The molecule has 0 aliphatic heterocycles. The Morgan fingerprint density at radius 1 is 1.06 bits per heavy atom. The summed E-state index contributed by atoms with van der Waals surface area (Å²) in [7, 11) is -3.54. The van der Waals surface area contributed by atoms with Gasteiger partial charge in [0.05, 0.1) is 11.9 Å². The lowest BCUT2D eigenvalue weighted by molar-refractivity contribution is -0.141. The highest BCUT2D eigenvalue weighted by atomic mass is 35.5. The molecule has 7 nitrogen and oxygen atoms in total. The Bertz CT molecular complexity index is 1070. The normalized spacial score (nSPS) is 12.1. The smallest absolute Gasteiger partial charge is 0.242 e. The summed E-state index contributed by atoms with van der Waals surface area (Å²) >= 11 is 5.93. The average Bonchev–Trinajstić information content (AvgIpc) is 2.78. The number of nitrogens with one attached hydrogen (secondary N) is 1. The number of likely N-dealkylation sites (N-methyl/N-ethyl adjacent to an activating group) is 1. The van der Waals surface area contributed by atoms with Crippen molar-refractivity contribution in [1.82, 2.24) is 10.2 Å². The number of amides is 2. The zero-order valence-corrected chi connectivity index (χ0v) is 21.8. The minimum Gasteiger partial charge on any atom is -0.355 e. The van der Waals surface area contributed by atoms with Gasteiger partial charge in [-0.3, -0.25) is 13.9 Å². The van der Waals surface area contributed by atoms with E-state index >= 15 is 0 Å². The predicted octanol–water partition coefficient (Wildman–Crippen LogP) is 4.14. The maximum Gasteiger partial charge on any atom is 0.242 e. The topological polar surface area (TPSA) is 86.8 Å². The van der Waals surface area contributed by atoms with Crippen LogP contribution in [0.2, 0.25) is 5.02 Å². The Labute approximate surface area is 208 Å². The molecular formula is C25H34ClN3O4S. The molecule has 1 N–H and O–H groups in total. The van der Waals surface area contributed by atoms with Crippen LogP contribution >= 0.6 is 11.6 Å². The second kappa shape index (κ2) is 12.8. The van der Waals surface area contributed by atoms with E-state index in [4.69, 9.17) is 11.6 Å². The predicted molar refractivity (Wildman–Crippen MR) is 137 cm³/mol. The van der Waals surface area contributed by atoms with Crippen LogP contribution in [0.15, 0.2) is 48.5 Å². The van der Waals surface area contributed by atoms with Crippen molar-refractivity contribution in [3.63, 3.8) is 0 Å². The summed E-state index contributed by atoms with van der Waals surface area (Å²) in [5, 5.41) is 3.33. The number of sulfonamides is 1. The van der Waals surface area contributed by atoms with Crippen LogP contribution in [0.25, 0.3) is 0 Å². The Morgan fingerprint density at radius 2 is 1.71 bits per heavy atom. The van der Waals surface area contributed by atoms with Crippen molar-refractivity contribution in [2.75, 3.05) is 23.7 Å². The van der Waals surface area contributed by atoms with E-state index in [9.17, 15) is 18.0 Å². The molecule has 2 amide bonds. The van der Waals surface area contributed by atoms with E-state index < -0.39 is 16.1 Å². The fourth-order valence-corrected chi connectivity index (χ4v) is 4.89. The van der Waals surface area contributed by atoms with Crippen molar-refractivity contribution < 1.29 is 18.0 Å². The van der Waals surface area contributed by atoms with Crippen molar-refractivity contribution in [2.24, 2.45) is 0 Å². The summed E-state index contributed by atoms with van der Waals surface area (Å²) < 4.78 is 26.0. The summed E-state index contributed by atoms with van der Waals surface area (Å²) in [5.74, 6) is -0.378. The van der Waals surface area contributed by atoms with Gasteiger partial charge in [0.15, 0.2) is 0 Å².